The lowest BCUT2D eigenvalue weighted by atomic mass is 10.0. The third-order valence-electron chi connectivity index (χ3n) is 5.89. The van der Waals surface area contributed by atoms with Crippen LogP contribution in [0.25, 0.3) is 11.1 Å². The maximum Gasteiger partial charge on any atom is 0.416 e. The third-order valence-corrected chi connectivity index (χ3v) is 5.89. The highest BCUT2D eigenvalue weighted by Gasteiger charge is 2.31. The molecule has 1 fully saturated rings. The van der Waals surface area contributed by atoms with E-state index in [9.17, 15) is 22.4 Å². The van der Waals surface area contributed by atoms with Crippen LogP contribution in [0.15, 0.2) is 47.5 Å². The van der Waals surface area contributed by atoms with E-state index in [1.165, 1.54) is 12.1 Å². The molecule has 14 heteroatoms. The van der Waals surface area contributed by atoms with Crippen LogP contribution in [0.2, 0.25) is 0 Å². The summed E-state index contributed by atoms with van der Waals surface area (Å²) in [5.74, 6) is -1.85. The van der Waals surface area contributed by atoms with E-state index in [1.54, 1.807) is 6.07 Å². The summed E-state index contributed by atoms with van der Waals surface area (Å²) in [5.41, 5.74) is 5.67. The molecule has 4 rings (SSSR count). The van der Waals surface area contributed by atoms with Crippen LogP contribution in [0, 0.1) is 17.0 Å². The highest BCUT2D eigenvalue weighted by molar-refractivity contribution is 6.05. The number of nitrogens with one attached hydrogen (secondary N) is 4. The predicted octanol–water partition coefficient (Wildman–Crippen LogP) is 4.77. The second-order valence-corrected chi connectivity index (χ2v) is 8.58. The Kier molecular flexibility index (Phi) is 8.26. The van der Waals surface area contributed by atoms with Gasteiger partial charge >= 0.3 is 12.2 Å². The van der Waals surface area contributed by atoms with Crippen molar-refractivity contribution in [1.29, 1.82) is 5.41 Å². The van der Waals surface area contributed by atoms with Crippen LogP contribution in [0.5, 0.6) is 0 Å². The first-order valence-electron chi connectivity index (χ1n) is 11.6. The number of carbonyl (C=O) groups excluding carboxylic acids is 1. The standard InChI is InChI=1S/C25H24F5N7O2/c26-19-4-1-14(25(28,29)30)9-21(19)36-24(38)35-15-2-3-17(20(27)11-15)18-10-16(12-37-5-7-39-8-6-37)34-22(18)23(32)33-13-31/h1-4,9-11,13,34H,5-8,12H2,(H3,31,32,33)(H2,35,36,38). The van der Waals surface area contributed by atoms with Gasteiger partial charge in [0, 0.05) is 42.1 Å². The molecule has 6 N–H and O–H groups in total. The summed E-state index contributed by atoms with van der Waals surface area (Å²) < 4.78 is 73.3. The van der Waals surface area contributed by atoms with Crippen molar-refractivity contribution in [2.45, 2.75) is 12.7 Å². The van der Waals surface area contributed by atoms with Gasteiger partial charge in [-0.1, -0.05) is 0 Å². The van der Waals surface area contributed by atoms with E-state index in [1.807, 2.05) is 5.32 Å². The number of hydrogen-bond donors (Lipinski definition) is 5. The maximum absolute atomic E-state index is 15.2. The van der Waals surface area contributed by atoms with Gasteiger partial charge in [-0.05, 0) is 42.5 Å². The second-order valence-electron chi connectivity index (χ2n) is 8.58. The number of carbonyl (C=O) groups is 1. The SMILES string of the molecule is N=C/N=C(/N)c1[nH]c(CN2CCOCC2)cc1-c1ccc(NC(=O)Nc2cc(C(F)(F)F)ccc2F)cc1F. The van der Waals surface area contributed by atoms with E-state index in [4.69, 9.17) is 15.9 Å². The van der Waals surface area contributed by atoms with Gasteiger partial charge in [0.05, 0.1) is 30.2 Å². The zero-order chi connectivity index (χ0) is 28.2. The van der Waals surface area contributed by atoms with Crippen LogP contribution in [0.3, 0.4) is 0 Å². The van der Waals surface area contributed by atoms with E-state index in [-0.39, 0.29) is 17.1 Å². The highest BCUT2D eigenvalue weighted by Crippen LogP contribution is 2.32. The molecule has 1 aliphatic rings. The molecule has 0 bridgehead atoms. The number of H-pyrrole nitrogens is 1. The van der Waals surface area contributed by atoms with Crippen molar-refractivity contribution in [2.24, 2.45) is 10.7 Å². The van der Waals surface area contributed by atoms with Gasteiger partial charge in [-0.2, -0.15) is 13.2 Å². The first-order valence-corrected chi connectivity index (χ1v) is 11.6. The Morgan fingerprint density at radius 1 is 1.08 bits per heavy atom. The lowest BCUT2D eigenvalue weighted by molar-refractivity contribution is -0.137. The number of anilines is 2. The molecule has 2 heterocycles. The molecule has 0 unspecified atom stereocenters. The monoisotopic (exact) mass is 549 g/mol. The molecule has 1 saturated heterocycles. The van der Waals surface area contributed by atoms with Gasteiger partial charge in [-0.3, -0.25) is 10.3 Å². The van der Waals surface area contributed by atoms with Crippen molar-refractivity contribution in [3.8, 4) is 11.1 Å². The van der Waals surface area contributed by atoms with Crippen LogP contribution >= 0.6 is 0 Å². The molecule has 1 aromatic heterocycles. The van der Waals surface area contributed by atoms with Crippen molar-refractivity contribution in [3.63, 3.8) is 0 Å². The van der Waals surface area contributed by atoms with Gasteiger partial charge in [0.25, 0.3) is 0 Å². The Morgan fingerprint density at radius 3 is 2.49 bits per heavy atom. The molecule has 0 radical (unpaired) electrons. The first-order chi connectivity index (χ1) is 18.5. The molecule has 9 nitrogen and oxygen atoms in total. The lowest BCUT2D eigenvalue weighted by Crippen LogP contribution is -2.35. The summed E-state index contributed by atoms with van der Waals surface area (Å²) in [4.78, 5) is 21.4. The Bertz CT molecular complexity index is 1400. The Labute approximate surface area is 219 Å². The Morgan fingerprint density at radius 2 is 1.82 bits per heavy atom. The van der Waals surface area contributed by atoms with Crippen molar-refractivity contribution >= 4 is 29.6 Å². The van der Waals surface area contributed by atoms with Crippen LogP contribution in [0.1, 0.15) is 17.0 Å². The molecule has 2 amide bonds. The summed E-state index contributed by atoms with van der Waals surface area (Å²) in [6.45, 7) is 3.13. The number of halogens is 5. The molecule has 0 saturated carbocycles. The van der Waals surface area contributed by atoms with Gasteiger partial charge in [-0.15, -0.1) is 0 Å². The van der Waals surface area contributed by atoms with Gasteiger partial charge < -0.3 is 26.1 Å². The van der Waals surface area contributed by atoms with E-state index in [0.29, 0.717) is 49.2 Å². The van der Waals surface area contributed by atoms with Gasteiger partial charge in [-0.25, -0.2) is 18.6 Å². The second kappa shape index (κ2) is 11.6. The van der Waals surface area contributed by atoms with Gasteiger partial charge in [0.2, 0.25) is 0 Å². The molecule has 0 spiro atoms. The van der Waals surface area contributed by atoms with E-state index >= 15 is 4.39 Å². The lowest BCUT2D eigenvalue weighted by Gasteiger charge is -2.25. The molecule has 0 aliphatic carbocycles. The number of urea groups is 1. The topological polar surface area (TPSA) is 132 Å². The van der Waals surface area contributed by atoms with E-state index in [2.05, 4.69) is 20.2 Å². The number of aliphatic imine (C=N–C) groups is 1. The first kappa shape index (κ1) is 27.7. The average molecular weight is 550 g/mol. The number of amides is 2. The molecule has 39 heavy (non-hydrogen) atoms. The summed E-state index contributed by atoms with van der Waals surface area (Å²) in [7, 11) is 0. The molecule has 0 atom stereocenters. The molecular weight excluding hydrogens is 525 g/mol. The number of benzene rings is 2. The maximum atomic E-state index is 15.2. The number of nitrogens with two attached hydrogens (primary N) is 1. The number of aromatic amines is 1. The smallest absolute Gasteiger partial charge is 0.382 e. The Hall–Kier alpha value is -4.30. The van der Waals surface area contributed by atoms with Gasteiger partial charge in [0.15, 0.2) is 0 Å². The van der Waals surface area contributed by atoms with Crippen molar-refractivity contribution in [1.82, 2.24) is 9.88 Å². The molecule has 3 aromatic rings. The molecule has 206 valence electrons. The number of morpholine rings is 1. The molecule has 2 aromatic carbocycles. The number of hydrogen-bond acceptors (Lipinski definition) is 4. The zero-order valence-electron chi connectivity index (χ0n) is 20.3. The molecular formula is C25H24F5N7O2. The largest absolute Gasteiger partial charge is 0.416 e. The van der Waals surface area contributed by atoms with Crippen molar-refractivity contribution < 1.29 is 31.5 Å². The van der Waals surface area contributed by atoms with E-state index in [0.717, 1.165) is 31.2 Å². The van der Waals surface area contributed by atoms with E-state index < -0.39 is 35.1 Å². The van der Waals surface area contributed by atoms with Gasteiger partial charge in [0.1, 0.15) is 23.8 Å². The normalized spacial score (nSPS) is 14.7. The van der Waals surface area contributed by atoms with Crippen molar-refractivity contribution in [2.75, 3.05) is 36.9 Å². The molecule has 1 aliphatic heterocycles. The fourth-order valence-electron chi connectivity index (χ4n) is 4.04. The van der Waals surface area contributed by atoms with Crippen molar-refractivity contribution in [3.05, 3.63) is 71.1 Å². The fraction of sp³-hybridized carbons (Fsp3) is 0.240. The van der Waals surface area contributed by atoms with Crippen LogP contribution in [0.4, 0.5) is 38.1 Å². The number of ether oxygens (including phenoxy) is 1. The minimum Gasteiger partial charge on any atom is -0.382 e. The fourth-order valence-corrected chi connectivity index (χ4v) is 4.04. The zero-order valence-corrected chi connectivity index (χ0v) is 20.3. The summed E-state index contributed by atoms with van der Waals surface area (Å²) in [5, 5.41) is 11.5. The minimum absolute atomic E-state index is 0.0303. The highest BCUT2D eigenvalue weighted by atomic mass is 19.4. The minimum atomic E-state index is -4.73. The summed E-state index contributed by atoms with van der Waals surface area (Å²) in [6, 6.07) is 5.97. The third kappa shape index (κ3) is 6.78. The van der Waals surface area contributed by atoms with Crippen LogP contribution < -0.4 is 16.4 Å². The Balaban J connectivity index is 1.55. The van der Waals surface area contributed by atoms with Crippen LogP contribution in [-0.2, 0) is 17.5 Å². The summed E-state index contributed by atoms with van der Waals surface area (Å²) in [6.07, 6.45) is -3.97. The number of amidine groups is 1. The predicted molar refractivity (Wildman–Crippen MR) is 136 cm³/mol. The van der Waals surface area contributed by atoms with Crippen LogP contribution in [-0.4, -0.2) is 54.4 Å². The average Bonchev–Trinajstić information content (AvgIpc) is 3.29. The quantitative estimate of drug-likeness (QED) is 0.165. The number of nitrogens with zero attached hydrogens (tertiary/aromatic N) is 2. The summed E-state index contributed by atoms with van der Waals surface area (Å²) >= 11 is 0. The number of alkyl halides is 3. The number of rotatable bonds is 7. The number of aromatic nitrogens is 1.